The van der Waals surface area contributed by atoms with Gasteiger partial charge in [-0.2, -0.15) is 0 Å². The summed E-state index contributed by atoms with van der Waals surface area (Å²) in [6.07, 6.45) is 2.19. The maximum atomic E-state index is 6.10. The molecule has 0 bridgehead atoms. The van der Waals surface area contributed by atoms with Crippen LogP contribution in [-0.2, 0) is 0 Å². The molecule has 0 aliphatic carbocycles. The highest BCUT2D eigenvalue weighted by molar-refractivity contribution is 6.31. The predicted molar refractivity (Wildman–Crippen MR) is 66.2 cm³/mol. The summed E-state index contributed by atoms with van der Waals surface area (Å²) in [5, 5.41) is 4.26. The van der Waals surface area contributed by atoms with Crippen LogP contribution in [0.15, 0.2) is 24.3 Å². The summed E-state index contributed by atoms with van der Waals surface area (Å²) in [5.41, 5.74) is 6.59. The third kappa shape index (κ3) is 4.20. The molecule has 2 nitrogen and oxygen atoms in total. The summed E-state index contributed by atoms with van der Waals surface area (Å²) >= 11 is 6.10. The van der Waals surface area contributed by atoms with Gasteiger partial charge >= 0.3 is 0 Å². The summed E-state index contributed by atoms with van der Waals surface area (Å²) in [4.78, 5) is 0. The maximum absolute atomic E-state index is 6.10. The van der Waals surface area contributed by atoms with Crippen molar-refractivity contribution in [2.24, 2.45) is 5.73 Å². The first-order valence-corrected chi connectivity index (χ1v) is 5.81. The minimum absolute atomic E-state index is 0.302. The van der Waals surface area contributed by atoms with E-state index in [0.717, 1.165) is 36.5 Å². The Kier molecular flexibility index (Phi) is 5.69. The molecule has 1 unspecified atom stereocenters. The first-order chi connectivity index (χ1) is 7.25. The van der Waals surface area contributed by atoms with Crippen LogP contribution in [0.4, 0.5) is 0 Å². The lowest BCUT2D eigenvalue weighted by atomic mass is 10.1. The van der Waals surface area contributed by atoms with Crippen molar-refractivity contribution in [2.75, 3.05) is 13.1 Å². The fourth-order valence-corrected chi connectivity index (χ4v) is 1.82. The predicted octanol–water partition coefficient (Wildman–Crippen LogP) is 2.73. The van der Waals surface area contributed by atoms with E-state index in [1.54, 1.807) is 0 Å². The van der Waals surface area contributed by atoms with Crippen LogP contribution in [-0.4, -0.2) is 13.1 Å². The van der Waals surface area contributed by atoms with Crippen molar-refractivity contribution in [3.05, 3.63) is 34.9 Å². The Labute approximate surface area is 96.8 Å². The van der Waals surface area contributed by atoms with Gasteiger partial charge in [0.2, 0.25) is 0 Å². The van der Waals surface area contributed by atoms with Crippen molar-refractivity contribution in [1.82, 2.24) is 5.32 Å². The molecule has 15 heavy (non-hydrogen) atoms. The smallest absolute Gasteiger partial charge is 0.0453 e. The molecule has 1 rings (SSSR count). The fraction of sp³-hybridized carbons (Fsp3) is 0.500. The van der Waals surface area contributed by atoms with Gasteiger partial charge in [0, 0.05) is 11.1 Å². The minimum Gasteiger partial charge on any atom is -0.330 e. The normalized spacial score (nSPS) is 12.7. The average Bonchev–Trinajstić information content (AvgIpc) is 2.25. The Morgan fingerprint density at radius 1 is 1.33 bits per heavy atom. The standard InChI is InChI=1S/C12H19ClN2/c1-10(15-9-5-4-8-14)11-6-2-3-7-12(11)13/h2-3,6-7,10,15H,4-5,8-9,14H2,1H3. The van der Waals surface area contributed by atoms with E-state index in [0.29, 0.717) is 6.04 Å². The molecule has 0 fully saturated rings. The van der Waals surface area contributed by atoms with Crippen molar-refractivity contribution in [3.63, 3.8) is 0 Å². The Morgan fingerprint density at radius 3 is 2.73 bits per heavy atom. The third-order valence-electron chi connectivity index (χ3n) is 2.45. The number of hydrogen-bond donors (Lipinski definition) is 2. The highest BCUT2D eigenvalue weighted by Crippen LogP contribution is 2.21. The number of rotatable bonds is 6. The highest BCUT2D eigenvalue weighted by atomic mass is 35.5. The molecule has 1 aromatic carbocycles. The first-order valence-electron chi connectivity index (χ1n) is 5.43. The van der Waals surface area contributed by atoms with Crippen molar-refractivity contribution in [2.45, 2.75) is 25.8 Å². The first kappa shape index (κ1) is 12.5. The molecule has 84 valence electrons. The molecule has 1 aromatic rings. The number of halogens is 1. The van der Waals surface area contributed by atoms with E-state index in [1.165, 1.54) is 0 Å². The van der Waals surface area contributed by atoms with Crippen LogP contribution >= 0.6 is 11.6 Å². The van der Waals surface area contributed by atoms with E-state index in [9.17, 15) is 0 Å². The van der Waals surface area contributed by atoms with Gasteiger partial charge in [-0.15, -0.1) is 0 Å². The van der Waals surface area contributed by atoms with E-state index in [1.807, 2.05) is 18.2 Å². The summed E-state index contributed by atoms with van der Waals surface area (Å²) in [6.45, 7) is 3.88. The molecular weight excluding hydrogens is 208 g/mol. The second-order valence-electron chi connectivity index (χ2n) is 3.69. The van der Waals surface area contributed by atoms with E-state index in [4.69, 9.17) is 17.3 Å². The molecular formula is C12H19ClN2. The van der Waals surface area contributed by atoms with E-state index < -0.39 is 0 Å². The molecule has 3 heteroatoms. The number of hydrogen-bond acceptors (Lipinski definition) is 2. The van der Waals surface area contributed by atoms with Crippen LogP contribution in [0.25, 0.3) is 0 Å². The van der Waals surface area contributed by atoms with Crippen LogP contribution in [0.2, 0.25) is 5.02 Å². The largest absolute Gasteiger partial charge is 0.330 e. The molecule has 0 aliphatic rings. The molecule has 3 N–H and O–H groups in total. The summed E-state index contributed by atoms with van der Waals surface area (Å²) in [6, 6.07) is 8.25. The molecule has 0 aromatic heterocycles. The van der Waals surface area contributed by atoms with Crippen LogP contribution in [0.3, 0.4) is 0 Å². The van der Waals surface area contributed by atoms with Crippen molar-refractivity contribution >= 4 is 11.6 Å². The highest BCUT2D eigenvalue weighted by Gasteiger charge is 2.07. The van der Waals surface area contributed by atoms with Crippen LogP contribution < -0.4 is 11.1 Å². The van der Waals surface area contributed by atoms with Gasteiger partial charge in [-0.3, -0.25) is 0 Å². The summed E-state index contributed by atoms with van der Waals surface area (Å²) in [7, 11) is 0. The molecule has 0 heterocycles. The van der Waals surface area contributed by atoms with E-state index >= 15 is 0 Å². The molecule has 0 amide bonds. The summed E-state index contributed by atoms with van der Waals surface area (Å²) < 4.78 is 0. The SMILES string of the molecule is CC(NCCCCN)c1ccccc1Cl. The Hall–Kier alpha value is -0.570. The van der Waals surface area contributed by atoms with Crippen LogP contribution in [0.5, 0.6) is 0 Å². The van der Waals surface area contributed by atoms with Gasteiger partial charge in [0.25, 0.3) is 0 Å². The van der Waals surface area contributed by atoms with Gasteiger partial charge in [0.05, 0.1) is 0 Å². The maximum Gasteiger partial charge on any atom is 0.0453 e. The second kappa shape index (κ2) is 6.83. The number of unbranched alkanes of at least 4 members (excludes halogenated alkanes) is 1. The number of benzene rings is 1. The molecule has 1 atom stereocenters. The van der Waals surface area contributed by atoms with Gasteiger partial charge in [-0.25, -0.2) is 0 Å². The minimum atomic E-state index is 0.302. The third-order valence-corrected chi connectivity index (χ3v) is 2.80. The molecule has 0 saturated carbocycles. The van der Waals surface area contributed by atoms with Gasteiger partial charge in [0.15, 0.2) is 0 Å². The number of nitrogens with two attached hydrogens (primary N) is 1. The van der Waals surface area contributed by atoms with Crippen molar-refractivity contribution in [3.8, 4) is 0 Å². The molecule has 0 radical (unpaired) electrons. The monoisotopic (exact) mass is 226 g/mol. The zero-order valence-electron chi connectivity index (χ0n) is 9.17. The van der Waals surface area contributed by atoms with Gasteiger partial charge in [-0.05, 0) is 44.5 Å². The average molecular weight is 227 g/mol. The topological polar surface area (TPSA) is 38.0 Å². The summed E-state index contributed by atoms with van der Waals surface area (Å²) in [5.74, 6) is 0. The lowest BCUT2D eigenvalue weighted by molar-refractivity contribution is 0.549. The number of nitrogens with one attached hydrogen (secondary N) is 1. The Bertz CT molecular complexity index is 289. The quantitative estimate of drug-likeness (QED) is 0.732. The van der Waals surface area contributed by atoms with E-state index in [2.05, 4.69) is 18.3 Å². The zero-order valence-corrected chi connectivity index (χ0v) is 9.93. The lowest BCUT2D eigenvalue weighted by Gasteiger charge is -2.15. The Morgan fingerprint density at radius 2 is 2.07 bits per heavy atom. The van der Waals surface area contributed by atoms with Gasteiger partial charge in [-0.1, -0.05) is 29.8 Å². The van der Waals surface area contributed by atoms with Gasteiger partial charge in [0.1, 0.15) is 0 Å². The van der Waals surface area contributed by atoms with Crippen molar-refractivity contribution in [1.29, 1.82) is 0 Å². The molecule has 0 spiro atoms. The lowest BCUT2D eigenvalue weighted by Crippen LogP contribution is -2.20. The van der Waals surface area contributed by atoms with E-state index in [-0.39, 0.29) is 0 Å². The van der Waals surface area contributed by atoms with Crippen LogP contribution in [0.1, 0.15) is 31.4 Å². The molecule has 0 aliphatic heterocycles. The molecule has 0 saturated heterocycles. The fourth-order valence-electron chi connectivity index (χ4n) is 1.52. The van der Waals surface area contributed by atoms with Gasteiger partial charge < -0.3 is 11.1 Å². The zero-order chi connectivity index (χ0) is 11.1. The van der Waals surface area contributed by atoms with Crippen molar-refractivity contribution < 1.29 is 0 Å². The van der Waals surface area contributed by atoms with Crippen LogP contribution in [0, 0.1) is 0 Å². The Balaban J connectivity index is 2.40. The second-order valence-corrected chi connectivity index (χ2v) is 4.10.